The summed E-state index contributed by atoms with van der Waals surface area (Å²) < 4.78 is 9.89. The van der Waals surface area contributed by atoms with Gasteiger partial charge in [0.25, 0.3) is 0 Å². The molecule has 1 aromatic carbocycles. The van der Waals surface area contributed by atoms with Crippen LogP contribution in [0.4, 0.5) is 10.5 Å². The highest BCUT2D eigenvalue weighted by molar-refractivity contribution is 6.30. The van der Waals surface area contributed by atoms with Gasteiger partial charge in [-0.25, -0.2) is 4.79 Å². The Labute approximate surface area is 141 Å². The van der Waals surface area contributed by atoms with E-state index < -0.39 is 0 Å². The number of halogens is 1. The first-order valence-corrected chi connectivity index (χ1v) is 7.90. The molecule has 6 nitrogen and oxygen atoms in total. The predicted octanol–water partition coefficient (Wildman–Crippen LogP) is 3.16. The topological polar surface area (TPSA) is 67.9 Å². The minimum atomic E-state index is -0.352. The lowest BCUT2D eigenvalue weighted by molar-refractivity contribution is -0.140. The zero-order chi connectivity index (χ0) is 17.1. The molecule has 128 valence electrons. The van der Waals surface area contributed by atoms with Gasteiger partial charge in [0.15, 0.2) is 0 Å². The summed E-state index contributed by atoms with van der Waals surface area (Å²) in [6.45, 7) is 3.89. The van der Waals surface area contributed by atoms with Crippen LogP contribution in [0.15, 0.2) is 24.3 Å². The van der Waals surface area contributed by atoms with Gasteiger partial charge < -0.3 is 19.7 Å². The smallest absolute Gasteiger partial charge is 0.321 e. The van der Waals surface area contributed by atoms with E-state index in [0.717, 1.165) is 0 Å². The Bertz CT molecular complexity index is 511. The predicted molar refractivity (Wildman–Crippen MR) is 89.8 cm³/mol. The summed E-state index contributed by atoms with van der Waals surface area (Å²) in [5.74, 6) is -0.352. The Kier molecular flexibility index (Phi) is 9.09. The number of methoxy groups -OCH3 is 1. The van der Waals surface area contributed by atoms with E-state index in [4.69, 9.17) is 16.3 Å². The largest absolute Gasteiger partial charge is 0.469 e. The number of esters is 1. The first kappa shape index (κ1) is 19.3. The number of carbonyl (C=O) groups is 2. The van der Waals surface area contributed by atoms with E-state index in [-0.39, 0.29) is 25.0 Å². The van der Waals surface area contributed by atoms with E-state index in [2.05, 4.69) is 10.1 Å². The number of carbonyl (C=O) groups excluding carboxylic acids is 2. The summed E-state index contributed by atoms with van der Waals surface area (Å²) in [6, 6.07) is 6.62. The maximum absolute atomic E-state index is 12.4. The van der Waals surface area contributed by atoms with Crippen molar-refractivity contribution in [1.82, 2.24) is 4.90 Å². The van der Waals surface area contributed by atoms with Gasteiger partial charge in [0.05, 0.1) is 13.5 Å². The minimum Gasteiger partial charge on any atom is -0.469 e. The van der Waals surface area contributed by atoms with Gasteiger partial charge in [0.1, 0.15) is 0 Å². The van der Waals surface area contributed by atoms with Gasteiger partial charge >= 0.3 is 12.0 Å². The first-order chi connectivity index (χ1) is 11.1. The van der Waals surface area contributed by atoms with E-state index in [9.17, 15) is 9.59 Å². The van der Waals surface area contributed by atoms with Crippen LogP contribution in [0.5, 0.6) is 0 Å². The molecule has 0 saturated carbocycles. The van der Waals surface area contributed by atoms with Gasteiger partial charge in [-0.3, -0.25) is 4.79 Å². The molecule has 0 aromatic heterocycles. The van der Waals surface area contributed by atoms with Crippen LogP contribution in [-0.2, 0) is 14.3 Å². The van der Waals surface area contributed by atoms with Crippen molar-refractivity contribution >= 4 is 29.3 Å². The van der Waals surface area contributed by atoms with E-state index in [1.165, 1.54) is 7.11 Å². The zero-order valence-electron chi connectivity index (χ0n) is 13.5. The highest BCUT2D eigenvalue weighted by atomic mass is 35.5. The van der Waals surface area contributed by atoms with E-state index >= 15 is 0 Å². The molecule has 0 aliphatic carbocycles. The lowest BCUT2D eigenvalue weighted by Crippen LogP contribution is -2.37. The molecular weight excluding hydrogens is 320 g/mol. The number of nitrogens with zero attached hydrogens (tertiary/aromatic N) is 1. The Hall–Kier alpha value is -1.79. The summed E-state index contributed by atoms with van der Waals surface area (Å²) in [6.07, 6.45) is 0.839. The third kappa shape index (κ3) is 7.85. The lowest BCUT2D eigenvalue weighted by atomic mass is 10.3. The molecule has 0 saturated heterocycles. The van der Waals surface area contributed by atoms with Crippen LogP contribution in [0, 0.1) is 0 Å². The molecule has 23 heavy (non-hydrogen) atoms. The van der Waals surface area contributed by atoms with Crippen LogP contribution in [0.2, 0.25) is 5.02 Å². The average molecular weight is 343 g/mol. The number of benzene rings is 1. The van der Waals surface area contributed by atoms with Crippen molar-refractivity contribution in [2.24, 2.45) is 0 Å². The summed E-state index contributed by atoms with van der Waals surface area (Å²) >= 11 is 5.91. The van der Waals surface area contributed by atoms with E-state index in [1.807, 2.05) is 6.92 Å². The van der Waals surface area contributed by atoms with Crippen LogP contribution in [0.25, 0.3) is 0 Å². The SMILES string of the molecule is CCOCCCN(CCC(=O)OC)C(=O)Nc1cccc(Cl)c1. The molecule has 0 heterocycles. The Morgan fingerprint density at radius 1 is 1.30 bits per heavy atom. The third-order valence-corrected chi connectivity index (χ3v) is 3.33. The second-order valence-electron chi connectivity index (χ2n) is 4.80. The van der Waals surface area contributed by atoms with Crippen molar-refractivity contribution in [2.75, 3.05) is 38.7 Å². The molecule has 0 aliphatic heterocycles. The van der Waals surface area contributed by atoms with Crippen molar-refractivity contribution in [3.05, 3.63) is 29.3 Å². The Morgan fingerprint density at radius 2 is 2.09 bits per heavy atom. The van der Waals surface area contributed by atoms with Crippen LogP contribution in [-0.4, -0.2) is 50.3 Å². The van der Waals surface area contributed by atoms with Gasteiger partial charge in [-0.05, 0) is 31.5 Å². The first-order valence-electron chi connectivity index (χ1n) is 7.53. The van der Waals surface area contributed by atoms with Crippen molar-refractivity contribution in [1.29, 1.82) is 0 Å². The van der Waals surface area contributed by atoms with Gasteiger partial charge in [0, 0.05) is 37.0 Å². The molecule has 0 spiro atoms. The van der Waals surface area contributed by atoms with Gasteiger partial charge in [-0.2, -0.15) is 0 Å². The quantitative estimate of drug-likeness (QED) is 0.553. The van der Waals surface area contributed by atoms with Crippen molar-refractivity contribution in [3.8, 4) is 0 Å². The molecule has 0 aliphatic rings. The number of ether oxygens (including phenoxy) is 2. The summed E-state index contributed by atoms with van der Waals surface area (Å²) in [4.78, 5) is 25.2. The van der Waals surface area contributed by atoms with Crippen molar-refractivity contribution < 1.29 is 19.1 Å². The number of nitrogens with one attached hydrogen (secondary N) is 1. The van der Waals surface area contributed by atoms with E-state index in [1.54, 1.807) is 29.2 Å². The summed E-state index contributed by atoms with van der Waals surface area (Å²) in [5, 5.41) is 3.32. The molecule has 1 aromatic rings. The molecule has 0 atom stereocenters. The number of amides is 2. The van der Waals surface area contributed by atoms with Crippen LogP contribution in [0.1, 0.15) is 19.8 Å². The number of urea groups is 1. The maximum atomic E-state index is 12.4. The number of anilines is 1. The van der Waals surface area contributed by atoms with Gasteiger partial charge in [-0.15, -0.1) is 0 Å². The third-order valence-electron chi connectivity index (χ3n) is 3.10. The molecule has 1 N–H and O–H groups in total. The zero-order valence-corrected chi connectivity index (χ0v) is 14.3. The minimum absolute atomic E-state index is 0.147. The van der Waals surface area contributed by atoms with Crippen LogP contribution >= 0.6 is 11.6 Å². The highest BCUT2D eigenvalue weighted by Crippen LogP contribution is 2.15. The van der Waals surface area contributed by atoms with Gasteiger partial charge in [-0.1, -0.05) is 17.7 Å². The lowest BCUT2D eigenvalue weighted by Gasteiger charge is -2.22. The monoisotopic (exact) mass is 342 g/mol. The molecule has 1 rings (SSSR count). The van der Waals surface area contributed by atoms with E-state index in [0.29, 0.717) is 36.9 Å². The van der Waals surface area contributed by atoms with Gasteiger partial charge in [0.2, 0.25) is 0 Å². The Balaban J connectivity index is 2.60. The molecule has 0 radical (unpaired) electrons. The van der Waals surface area contributed by atoms with Crippen molar-refractivity contribution in [3.63, 3.8) is 0 Å². The molecule has 0 fully saturated rings. The molecule has 2 amide bonds. The highest BCUT2D eigenvalue weighted by Gasteiger charge is 2.15. The molecular formula is C16H23ClN2O4. The second kappa shape index (κ2) is 10.9. The maximum Gasteiger partial charge on any atom is 0.321 e. The Morgan fingerprint density at radius 3 is 2.74 bits per heavy atom. The number of hydrogen-bond acceptors (Lipinski definition) is 4. The van der Waals surface area contributed by atoms with Crippen molar-refractivity contribution in [2.45, 2.75) is 19.8 Å². The van der Waals surface area contributed by atoms with Crippen LogP contribution in [0.3, 0.4) is 0 Å². The standard InChI is InChI=1S/C16H23ClN2O4/c1-3-23-11-5-9-19(10-8-15(20)22-2)16(21)18-14-7-4-6-13(17)12-14/h4,6-7,12H,3,5,8-11H2,1-2H3,(H,18,21). The average Bonchev–Trinajstić information content (AvgIpc) is 2.53. The molecule has 7 heteroatoms. The van der Waals surface area contributed by atoms with Crippen LogP contribution < -0.4 is 5.32 Å². The summed E-state index contributed by atoms with van der Waals surface area (Å²) in [5.41, 5.74) is 0.607. The fourth-order valence-electron chi connectivity index (χ4n) is 1.91. The fourth-order valence-corrected chi connectivity index (χ4v) is 2.10. The normalized spacial score (nSPS) is 10.2. The number of rotatable bonds is 9. The number of hydrogen-bond donors (Lipinski definition) is 1. The second-order valence-corrected chi connectivity index (χ2v) is 5.24. The molecule has 0 unspecified atom stereocenters. The fraction of sp³-hybridized carbons (Fsp3) is 0.500. The molecule has 0 bridgehead atoms. The summed E-state index contributed by atoms with van der Waals surface area (Å²) in [7, 11) is 1.33.